The molecule has 1 amide bonds. The molecular weight excluding hydrogens is 254 g/mol. The van der Waals surface area contributed by atoms with E-state index >= 15 is 0 Å². The second kappa shape index (κ2) is 4.97. The number of primary amides is 1. The topological polar surface area (TPSA) is 94.9 Å². The van der Waals surface area contributed by atoms with Gasteiger partial charge in [-0.3, -0.25) is 4.79 Å². The first-order chi connectivity index (χ1) is 8.97. The highest BCUT2D eigenvalue weighted by atomic mass is 19.2. The average molecular weight is 264 g/mol. The number of nitrogen functional groups attached to an aromatic ring is 1. The number of nitrogens with two attached hydrogens (primary N) is 2. The highest BCUT2D eigenvalue weighted by Crippen LogP contribution is 2.13. The van der Waals surface area contributed by atoms with Crippen LogP contribution in [-0.2, 0) is 6.42 Å². The van der Waals surface area contributed by atoms with Crippen molar-refractivity contribution in [1.29, 1.82) is 0 Å². The van der Waals surface area contributed by atoms with Crippen LogP contribution in [0.3, 0.4) is 0 Å². The average Bonchev–Trinajstić information content (AvgIpc) is 2.36. The maximum absolute atomic E-state index is 13.0. The van der Waals surface area contributed by atoms with Crippen LogP contribution in [-0.4, -0.2) is 15.9 Å². The molecule has 0 aliphatic heterocycles. The second-order valence-electron chi connectivity index (χ2n) is 3.88. The van der Waals surface area contributed by atoms with Crippen molar-refractivity contribution >= 4 is 11.7 Å². The molecule has 7 heteroatoms. The second-order valence-corrected chi connectivity index (χ2v) is 3.88. The summed E-state index contributed by atoms with van der Waals surface area (Å²) >= 11 is 0. The van der Waals surface area contributed by atoms with Gasteiger partial charge in [-0.15, -0.1) is 0 Å². The van der Waals surface area contributed by atoms with Crippen LogP contribution in [0.5, 0.6) is 0 Å². The van der Waals surface area contributed by atoms with Gasteiger partial charge >= 0.3 is 0 Å². The van der Waals surface area contributed by atoms with Crippen LogP contribution in [0.1, 0.15) is 21.7 Å². The number of halogens is 2. The van der Waals surface area contributed by atoms with Crippen LogP contribution in [0.2, 0.25) is 0 Å². The van der Waals surface area contributed by atoms with Crippen molar-refractivity contribution in [2.24, 2.45) is 5.73 Å². The first-order valence-corrected chi connectivity index (χ1v) is 5.32. The van der Waals surface area contributed by atoms with Crippen LogP contribution in [0.4, 0.5) is 14.6 Å². The minimum atomic E-state index is -0.948. The molecule has 2 aromatic rings. The predicted octanol–water partition coefficient (Wildman–Crippen LogP) is 1.03. The predicted molar refractivity (Wildman–Crippen MR) is 64.1 cm³/mol. The molecule has 1 aromatic carbocycles. The number of carbonyl (C=O) groups excluding carboxylic acids is 1. The Morgan fingerprint density at radius 3 is 2.63 bits per heavy atom. The third-order valence-electron chi connectivity index (χ3n) is 2.45. The number of amides is 1. The summed E-state index contributed by atoms with van der Waals surface area (Å²) in [5.74, 6) is -2.74. The Balaban J connectivity index is 2.30. The van der Waals surface area contributed by atoms with E-state index < -0.39 is 17.5 Å². The van der Waals surface area contributed by atoms with E-state index in [-0.39, 0.29) is 17.9 Å². The molecule has 0 fully saturated rings. The van der Waals surface area contributed by atoms with E-state index in [1.165, 1.54) is 12.3 Å². The summed E-state index contributed by atoms with van der Waals surface area (Å²) < 4.78 is 25.8. The van der Waals surface area contributed by atoms with Gasteiger partial charge in [-0.2, -0.15) is 0 Å². The monoisotopic (exact) mass is 264 g/mol. The Morgan fingerprint density at radius 1 is 1.26 bits per heavy atom. The highest BCUT2D eigenvalue weighted by molar-refractivity contribution is 5.94. The first-order valence-electron chi connectivity index (χ1n) is 5.32. The Morgan fingerprint density at radius 2 is 2.00 bits per heavy atom. The van der Waals surface area contributed by atoms with Gasteiger partial charge in [0.25, 0.3) is 5.91 Å². The van der Waals surface area contributed by atoms with E-state index in [4.69, 9.17) is 11.5 Å². The van der Waals surface area contributed by atoms with Gasteiger partial charge in [-0.05, 0) is 17.7 Å². The normalized spacial score (nSPS) is 10.4. The zero-order valence-corrected chi connectivity index (χ0v) is 9.73. The molecule has 19 heavy (non-hydrogen) atoms. The van der Waals surface area contributed by atoms with Gasteiger partial charge in [0.1, 0.15) is 0 Å². The van der Waals surface area contributed by atoms with Gasteiger partial charge < -0.3 is 11.5 Å². The van der Waals surface area contributed by atoms with Crippen LogP contribution in [0.25, 0.3) is 0 Å². The van der Waals surface area contributed by atoms with Crippen molar-refractivity contribution < 1.29 is 13.6 Å². The summed E-state index contributed by atoms with van der Waals surface area (Å²) in [4.78, 5) is 18.8. The lowest BCUT2D eigenvalue weighted by Gasteiger charge is -2.05. The fourth-order valence-electron chi connectivity index (χ4n) is 1.56. The van der Waals surface area contributed by atoms with Gasteiger partial charge in [0.15, 0.2) is 23.1 Å². The standard InChI is InChI=1S/C12H10F2N4O/c13-8-2-1-6(4-9(8)14)3-7-5-17-11(15)10(18-7)12(16)19/h1-2,4-5H,3H2,(H2,15,17)(H2,16,19). The molecule has 0 spiro atoms. The van der Waals surface area contributed by atoms with E-state index in [0.29, 0.717) is 11.3 Å². The molecule has 0 aliphatic rings. The molecule has 0 atom stereocenters. The third kappa shape index (κ3) is 2.82. The van der Waals surface area contributed by atoms with Crippen LogP contribution < -0.4 is 11.5 Å². The van der Waals surface area contributed by atoms with E-state index in [0.717, 1.165) is 12.1 Å². The zero-order valence-electron chi connectivity index (χ0n) is 9.73. The van der Waals surface area contributed by atoms with Crippen molar-refractivity contribution in [2.45, 2.75) is 6.42 Å². The van der Waals surface area contributed by atoms with Gasteiger partial charge in [0.2, 0.25) is 0 Å². The van der Waals surface area contributed by atoms with Crippen molar-refractivity contribution in [2.75, 3.05) is 5.73 Å². The summed E-state index contributed by atoms with van der Waals surface area (Å²) in [6.07, 6.45) is 1.54. The number of carbonyl (C=O) groups is 1. The Hall–Kier alpha value is -2.57. The van der Waals surface area contributed by atoms with Gasteiger partial charge in [-0.1, -0.05) is 6.07 Å². The van der Waals surface area contributed by atoms with Crippen molar-refractivity contribution in [3.63, 3.8) is 0 Å². The molecule has 1 aromatic heterocycles. The van der Waals surface area contributed by atoms with Crippen LogP contribution >= 0.6 is 0 Å². The van der Waals surface area contributed by atoms with E-state index in [9.17, 15) is 13.6 Å². The summed E-state index contributed by atoms with van der Waals surface area (Å²) in [5, 5.41) is 0. The lowest BCUT2D eigenvalue weighted by atomic mass is 10.1. The molecule has 0 aliphatic carbocycles. The van der Waals surface area contributed by atoms with E-state index in [2.05, 4.69) is 9.97 Å². The van der Waals surface area contributed by atoms with Gasteiger partial charge in [-0.25, -0.2) is 18.7 Å². The summed E-state index contributed by atoms with van der Waals surface area (Å²) in [6.45, 7) is 0. The molecule has 5 nitrogen and oxygen atoms in total. The number of rotatable bonds is 3. The Labute approximate surface area is 107 Å². The molecular formula is C12H10F2N4O. The number of benzene rings is 1. The lowest BCUT2D eigenvalue weighted by Crippen LogP contribution is -2.17. The highest BCUT2D eigenvalue weighted by Gasteiger charge is 2.11. The fourth-order valence-corrected chi connectivity index (χ4v) is 1.56. The molecule has 1 heterocycles. The smallest absolute Gasteiger partial charge is 0.271 e. The molecule has 4 N–H and O–H groups in total. The minimum absolute atomic E-state index is 0.0680. The van der Waals surface area contributed by atoms with Crippen molar-refractivity contribution in [3.8, 4) is 0 Å². The molecule has 0 bridgehead atoms. The van der Waals surface area contributed by atoms with Gasteiger partial charge in [0, 0.05) is 6.42 Å². The molecule has 0 unspecified atom stereocenters. The Bertz CT molecular complexity index is 646. The SMILES string of the molecule is NC(=O)c1nc(Cc2ccc(F)c(F)c2)cnc1N. The molecule has 0 saturated carbocycles. The molecule has 0 saturated heterocycles. The first kappa shape index (κ1) is 12.9. The maximum Gasteiger partial charge on any atom is 0.271 e. The number of hydrogen-bond donors (Lipinski definition) is 2. The number of aromatic nitrogens is 2. The van der Waals surface area contributed by atoms with Gasteiger partial charge in [0.05, 0.1) is 11.9 Å². The minimum Gasteiger partial charge on any atom is -0.382 e. The van der Waals surface area contributed by atoms with Crippen molar-refractivity contribution in [3.05, 3.63) is 53.0 Å². The van der Waals surface area contributed by atoms with Crippen LogP contribution in [0, 0.1) is 11.6 Å². The number of nitrogens with zero attached hydrogens (tertiary/aromatic N) is 2. The molecule has 98 valence electrons. The number of anilines is 1. The molecule has 0 radical (unpaired) electrons. The number of hydrogen-bond acceptors (Lipinski definition) is 4. The Kier molecular flexibility index (Phi) is 3.37. The zero-order chi connectivity index (χ0) is 14.0. The quantitative estimate of drug-likeness (QED) is 0.865. The molecule has 2 rings (SSSR count). The van der Waals surface area contributed by atoms with Crippen LogP contribution in [0.15, 0.2) is 24.4 Å². The summed E-state index contributed by atoms with van der Waals surface area (Å²) in [5.41, 5.74) is 11.3. The van der Waals surface area contributed by atoms with E-state index in [1.807, 2.05) is 0 Å². The van der Waals surface area contributed by atoms with Crippen molar-refractivity contribution in [1.82, 2.24) is 9.97 Å². The maximum atomic E-state index is 13.0. The summed E-state index contributed by atoms with van der Waals surface area (Å²) in [7, 11) is 0. The third-order valence-corrected chi connectivity index (χ3v) is 2.45. The fraction of sp³-hybridized carbons (Fsp3) is 0.0833. The largest absolute Gasteiger partial charge is 0.382 e. The lowest BCUT2D eigenvalue weighted by molar-refractivity contribution is 0.0996. The van der Waals surface area contributed by atoms with E-state index in [1.54, 1.807) is 0 Å². The summed E-state index contributed by atoms with van der Waals surface area (Å²) in [6, 6.07) is 3.49.